The number of aliphatic imine (C=N–C) groups is 3. The Morgan fingerprint density at radius 3 is 2.79 bits per heavy atom. The molecule has 0 aromatic carbocycles. The SMILES string of the molecule is CCCCC#CC1N=C2C(=NC=NC2(N)C(C)=O)N1[C@@H]1O[C@H](CO)[C@@H](O)[C@H]1O. The molecule has 0 bridgehead atoms. The van der Waals surface area contributed by atoms with Crippen LogP contribution in [-0.2, 0) is 9.53 Å². The summed E-state index contributed by atoms with van der Waals surface area (Å²) in [6, 6.07) is 0. The fourth-order valence-electron chi connectivity index (χ4n) is 3.27. The van der Waals surface area contributed by atoms with Gasteiger partial charge in [-0.2, -0.15) is 0 Å². The van der Waals surface area contributed by atoms with Gasteiger partial charge in [-0.05, 0) is 13.3 Å². The van der Waals surface area contributed by atoms with Crippen LogP contribution in [0.25, 0.3) is 0 Å². The molecular weight excluding hydrogens is 366 g/mol. The Morgan fingerprint density at radius 2 is 2.18 bits per heavy atom. The largest absolute Gasteiger partial charge is 0.394 e. The Balaban J connectivity index is 1.99. The number of hydrogen-bond acceptors (Lipinski definition) is 10. The van der Waals surface area contributed by atoms with E-state index in [0.29, 0.717) is 6.42 Å². The van der Waals surface area contributed by atoms with Gasteiger partial charge in [0.15, 0.2) is 24.0 Å². The summed E-state index contributed by atoms with van der Waals surface area (Å²) >= 11 is 0. The molecule has 2 unspecified atom stereocenters. The van der Waals surface area contributed by atoms with E-state index in [4.69, 9.17) is 10.5 Å². The highest BCUT2D eigenvalue weighted by Gasteiger charge is 2.54. The number of ether oxygens (including phenoxy) is 1. The highest BCUT2D eigenvalue weighted by atomic mass is 16.6. The fraction of sp³-hybridized carbons (Fsp3) is 0.667. The molecule has 152 valence electrons. The minimum absolute atomic E-state index is 0.134. The van der Waals surface area contributed by atoms with Crippen LogP contribution in [0.15, 0.2) is 15.0 Å². The van der Waals surface area contributed by atoms with Gasteiger partial charge < -0.3 is 20.1 Å². The van der Waals surface area contributed by atoms with Crippen molar-refractivity contribution in [2.75, 3.05) is 6.61 Å². The van der Waals surface area contributed by atoms with Crippen LogP contribution >= 0.6 is 0 Å². The zero-order valence-electron chi connectivity index (χ0n) is 15.8. The standard InChI is InChI=1S/C18H25N5O5/c1-3-4-5-6-7-12-22-15-16(20-9-21-18(15,19)10(2)25)23(12)17-14(27)13(26)11(8-24)28-17/h9,11-14,17,24,26-27H,3-5,8,19H2,1-2H3/t11-,12?,13-,14-,17-,18?/m1/s1. The number of aliphatic hydroxyl groups is 3. The third-order valence-corrected chi connectivity index (χ3v) is 4.99. The van der Waals surface area contributed by atoms with Crippen LogP contribution in [0.1, 0.15) is 33.1 Å². The fourth-order valence-corrected chi connectivity index (χ4v) is 3.27. The van der Waals surface area contributed by atoms with Gasteiger partial charge in [0.05, 0.1) is 6.61 Å². The maximum atomic E-state index is 12.1. The van der Waals surface area contributed by atoms with Crippen LogP contribution in [0.2, 0.25) is 0 Å². The van der Waals surface area contributed by atoms with Crippen LogP contribution in [-0.4, -0.2) is 86.9 Å². The molecule has 3 rings (SSSR count). The molecule has 1 fully saturated rings. The lowest BCUT2D eigenvalue weighted by atomic mass is 9.99. The molecule has 3 aliphatic heterocycles. The third-order valence-electron chi connectivity index (χ3n) is 4.99. The van der Waals surface area contributed by atoms with Gasteiger partial charge in [0.1, 0.15) is 30.4 Å². The molecule has 3 aliphatic rings. The Bertz CT molecular complexity index is 785. The molecule has 1 saturated heterocycles. The summed E-state index contributed by atoms with van der Waals surface area (Å²) in [5.74, 6) is 5.81. The topological polar surface area (TPSA) is 153 Å². The summed E-state index contributed by atoms with van der Waals surface area (Å²) in [6.07, 6.45) is -1.75. The van der Waals surface area contributed by atoms with E-state index < -0.39 is 48.8 Å². The molecule has 28 heavy (non-hydrogen) atoms. The third kappa shape index (κ3) is 3.36. The van der Waals surface area contributed by atoms with Crippen molar-refractivity contribution >= 4 is 23.7 Å². The zero-order chi connectivity index (χ0) is 20.5. The summed E-state index contributed by atoms with van der Waals surface area (Å²) in [6.45, 7) is 2.89. The number of fused-ring (bicyclic) bond motifs is 1. The number of nitrogens with zero attached hydrogens (tertiary/aromatic N) is 4. The molecule has 0 radical (unpaired) electrons. The number of hydrogen-bond donors (Lipinski definition) is 4. The van der Waals surface area contributed by atoms with Crippen LogP contribution in [0.3, 0.4) is 0 Å². The van der Waals surface area contributed by atoms with E-state index in [1.807, 2.05) is 0 Å². The molecule has 0 amide bonds. The van der Waals surface area contributed by atoms with Gasteiger partial charge in [0.25, 0.3) is 0 Å². The average molecular weight is 391 g/mol. The molecule has 0 aromatic heterocycles. The lowest BCUT2D eigenvalue weighted by molar-refractivity contribution is -0.119. The second-order valence-electron chi connectivity index (χ2n) is 6.93. The quantitative estimate of drug-likeness (QED) is 0.325. The first-order valence-electron chi connectivity index (χ1n) is 9.24. The van der Waals surface area contributed by atoms with Gasteiger partial charge in [-0.15, -0.1) is 0 Å². The van der Waals surface area contributed by atoms with Crippen LogP contribution in [0.4, 0.5) is 0 Å². The van der Waals surface area contributed by atoms with Crippen molar-refractivity contribution in [1.82, 2.24) is 4.90 Å². The van der Waals surface area contributed by atoms with E-state index in [2.05, 4.69) is 33.7 Å². The number of carbonyl (C=O) groups excluding carboxylic acids is 1. The summed E-state index contributed by atoms with van der Waals surface area (Å²) < 4.78 is 5.64. The van der Waals surface area contributed by atoms with Gasteiger partial charge in [-0.1, -0.05) is 25.2 Å². The molecule has 6 atom stereocenters. The van der Waals surface area contributed by atoms with Crippen molar-refractivity contribution in [3.63, 3.8) is 0 Å². The summed E-state index contributed by atoms with van der Waals surface area (Å²) in [5.41, 5.74) is 4.61. The smallest absolute Gasteiger partial charge is 0.214 e. The lowest BCUT2D eigenvalue weighted by Gasteiger charge is -2.32. The van der Waals surface area contributed by atoms with Gasteiger partial charge in [0.2, 0.25) is 5.66 Å². The molecular formula is C18H25N5O5. The first-order valence-corrected chi connectivity index (χ1v) is 9.24. The molecule has 10 heteroatoms. The number of ketones is 1. The molecule has 0 aliphatic carbocycles. The minimum atomic E-state index is -1.70. The van der Waals surface area contributed by atoms with Gasteiger partial charge in [-0.3, -0.25) is 15.4 Å². The van der Waals surface area contributed by atoms with Crippen LogP contribution in [0.5, 0.6) is 0 Å². The van der Waals surface area contributed by atoms with Gasteiger partial charge >= 0.3 is 0 Å². The van der Waals surface area contributed by atoms with Gasteiger partial charge in [-0.25, -0.2) is 15.0 Å². The van der Waals surface area contributed by atoms with Crippen molar-refractivity contribution in [2.24, 2.45) is 20.7 Å². The predicted octanol–water partition coefficient (Wildman–Crippen LogP) is -1.61. The van der Waals surface area contributed by atoms with Crippen molar-refractivity contribution in [3.8, 4) is 11.8 Å². The van der Waals surface area contributed by atoms with E-state index in [1.54, 1.807) is 0 Å². The summed E-state index contributed by atoms with van der Waals surface area (Å²) in [7, 11) is 0. The molecule has 3 heterocycles. The molecule has 10 nitrogen and oxygen atoms in total. The number of nitrogens with two attached hydrogens (primary N) is 1. The molecule has 0 spiro atoms. The Kier molecular flexibility index (Phi) is 5.92. The van der Waals surface area contributed by atoms with E-state index in [-0.39, 0.29) is 11.5 Å². The first kappa shape index (κ1) is 20.6. The normalized spacial score (nSPS) is 36.5. The second kappa shape index (κ2) is 8.06. The van der Waals surface area contributed by atoms with Crippen molar-refractivity contribution in [1.29, 1.82) is 0 Å². The van der Waals surface area contributed by atoms with E-state index in [0.717, 1.165) is 19.2 Å². The maximum absolute atomic E-state index is 12.1. The Hall–Kier alpha value is -2.16. The Labute approximate surface area is 162 Å². The molecule has 0 saturated carbocycles. The number of unbranched alkanes of at least 4 members (excludes halogenated alkanes) is 2. The van der Waals surface area contributed by atoms with E-state index >= 15 is 0 Å². The van der Waals surface area contributed by atoms with E-state index in [9.17, 15) is 20.1 Å². The van der Waals surface area contributed by atoms with Gasteiger partial charge in [0, 0.05) is 6.42 Å². The van der Waals surface area contributed by atoms with Crippen LogP contribution in [0, 0.1) is 11.8 Å². The molecule has 5 N–H and O–H groups in total. The summed E-state index contributed by atoms with van der Waals surface area (Å²) in [5, 5.41) is 30.0. The number of carbonyl (C=O) groups is 1. The predicted molar refractivity (Wildman–Crippen MR) is 102 cm³/mol. The minimum Gasteiger partial charge on any atom is -0.394 e. The number of rotatable bonds is 5. The zero-order valence-corrected chi connectivity index (χ0v) is 15.8. The van der Waals surface area contributed by atoms with Crippen molar-refractivity contribution < 1.29 is 24.9 Å². The monoisotopic (exact) mass is 391 g/mol. The average Bonchev–Trinajstić information content (AvgIpc) is 3.17. The number of aliphatic hydroxyl groups excluding tert-OH is 3. The Morgan fingerprint density at radius 1 is 1.43 bits per heavy atom. The lowest BCUT2D eigenvalue weighted by Crippen LogP contribution is -2.59. The second-order valence-corrected chi connectivity index (χ2v) is 6.93. The van der Waals surface area contributed by atoms with Crippen LogP contribution < -0.4 is 5.73 Å². The van der Waals surface area contributed by atoms with Crippen molar-refractivity contribution in [3.05, 3.63) is 0 Å². The number of amidine groups is 1. The molecule has 0 aromatic rings. The number of Topliss-reactive ketones (excluding diaryl/α,β-unsaturated/α-hetero) is 1. The summed E-state index contributed by atoms with van der Waals surface area (Å²) in [4.78, 5) is 26.2. The van der Waals surface area contributed by atoms with E-state index in [1.165, 1.54) is 11.8 Å². The first-order chi connectivity index (χ1) is 13.3. The highest BCUT2D eigenvalue weighted by Crippen LogP contribution is 2.31. The highest BCUT2D eigenvalue weighted by molar-refractivity contribution is 6.51. The maximum Gasteiger partial charge on any atom is 0.214 e. The van der Waals surface area contributed by atoms with Crippen molar-refractivity contribution in [2.45, 2.75) is 69.5 Å².